The lowest BCUT2D eigenvalue weighted by molar-refractivity contribution is 0.0772. The standard InChI is InChI=1S/C17H25N3/c1-3-14-7-8-20(17(10-14)12-19)13(2)16-6-4-5-15(9-16)11-18/h4-6,9,13-14,17H,3,7-8,10,12,19H2,1-2H3. The van der Waals surface area contributed by atoms with Gasteiger partial charge in [-0.1, -0.05) is 25.5 Å². The number of hydrogen-bond acceptors (Lipinski definition) is 3. The van der Waals surface area contributed by atoms with Gasteiger partial charge in [0.25, 0.3) is 0 Å². The van der Waals surface area contributed by atoms with E-state index in [0.29, 0.717) is 12.1 Å². The van der Waals surface area contributed by atoms with E-state index in [-0.39, 0.29) is 0 Å². The number of likely N-dealkylation sites (tertiary alicyclic amines) is 1. The van der Waals surface area contributed by atoms with Crippen molar-refractivity contribution in [1.29, 1.82) is 5.26 Å². The Morgan fingerprint density at radius 1 is 1.50 bits per heavy atom. The fraction of sp³-hybridized carbons (Fsp3) is 0.588. The molecular formula is C17H25N3. The smallest absolute Gasteiger partial charge is 0.0991 e. The fourth-order valence-corrected chi connectivity index (χ4v) is 3.32. The van der Waals surface area contributed by atoms with Crippen molar-refractivity contribution >= 4 is 0 Å². The summed E-state index contributed by atoms with van der Waals surface area (Å²) in [6.07, 6.45) is 3.72. The van der Waals surface area contributed by atoms with Crippen molar-refractivity contribution in [3.05, 3.63) is 35.4 Å². The second-order valence-electron chi connectivity index (χ2n) is 5.84. The van der Waals surface area contributed by atoms with Gasteiger partial charge in [-0.15, -0.1) is 0 Å². The third kappa shape index (κ3) is 3.20. The summed E-state index contributed by atoms with van der Waals surface area (Å²) >= 11 is 0. The highest BCUT2D eigenvalue weighted by Gasteiger charge is 2.30. The zero-order valence-electron chi connectivity index (χ0n) is 12.5. The molecule has 1 heterocycles. The number of piperidine rings is 1. The Hall–Kier alpha value is -1.37. The Morgan fingerprint density at radius 3 is 2.95 bits per heavy atom. The van der Waals surface area contributed by atoms with Gasteiger partial charge in [-0.3, -0.25) is 4.90 Å². The van der Waals surface area contributed by atoms with Gasteiger partial charge in [0.15, 0.2) is 0 Å². The first-order valence-corrected chi connectivity index (χ1v) is 7.65. The Bertz CT molecular complexity index is 477. The van der Waals surface area contributed by atoms with E-state index in [2.05, 4.69) is 30.9 Å². The topological polar surface area (TPSA) is 53.0 Å². The zero-order chi connectivity index (χ0) is 14.5. The van der Waals surface area contributed by atoms with Crippen LogP contribution in [0.15, 0.2) is 24.3 Å². The van der Waals surface area contributed by atoms with Gasteiger partial charge in [0.1, 0.15) is 0 Å². The molecule has 1 aliphatic heterocycles. The predicted molar refractivity (Wildman–Crippen MR) is 82.1 cm³/mol. The second kappa shape index (κ2) is 6.88. The highest BCUT2D eigenvalue weighted by atomic mass is 15.2. The normalized spacial score (nSPS) is 25.1. The average molecular weight is 271 g/mol. The maximum Gasteiger partial charge on any atom is 0.0991 e. The Labute approximate surface area is 122 Å². The lowest BCUT2D eigenvalue weighted by Crippen LogP contribution is -2.47. The second-order valence-corrected chi connectivity index (χ2v) is 5.84. The Balaban J connectivity index is 2.15. The summed E-state index contributed by atoms with van der Waals surface area (Å²) in [7, 11) is 0. The quantitative estimate of drug-likeness (QED) is 0.915. The minimum Gasteiger partial charge on any atom is -0.329 e. The molecule has 0 radical (unpaired) electrons. The third-order valence-corrected chi connectivity index (χ3v) is 4.71. The van der Waals surface area contributed by atoms with Crippen molar-refractivity contribution in [2.24, 2.45) is 11.7 Å². The Morgan fingerprint density at radius 2 is 2.30 bits per heavy atom. The molecule has 0 aliphatic carbocycles. The number of benzene rings is 1. The first-order chi connectivity index (χ1) is 9.69. The van der Waals surface area contributed by atoms with E-state index in [1.54, 1.807) is 0 Å². The molecule has 2 N–H and O–H groups in total. The molecule has 3 atom stereocenters. The third-order valence-electron chi connectivity index (χ3n) is 4.71. The lowest BCUT2D eigenvalue weighted by Gasteiger charge is -2.42. The number of rotatable bonds is 4. The summed E-state index contributed by atoms with van der Waals surface area (Å²) in [5, 5.41) is 9.04. The van der Waals surface area contributed by atoms with E-state index in [9.17, 15) is 0 Å². The molecule has 0 spiro atoms. The summed E-state index contributed by atoms with van der Waals surface area (Å²) in [5.41, 5.74) is 7.95. The molecule has 0 aromatic heterocycles. The minimum absolute atomic E-state index is 0.328. The SMILES string of the molecule is CCC1CCN(C(C)c2cccc(C#N)c2)C(CN)C1. The van der Waals surface area contributed by atoms with Crippen LogP contribution in [0.5, 0.6) is 0 Å². The molecule has 108 valence electrons. The summed E-state index contributed by atoms with van der Waals surface area (Å²) in [6, 6.07) is 11.0. The molecule has 3 unspecified atom stereocenters. The summed E-state index contributed by atoms with van der Waals surface area (Å²) in [6.45, 7) is 6.33. The zero-order valence-corrected chi connectivity index (χ0v) is 12.5. The summed E-state index contributed by atoms with van der Waals surface area (Å²) < 4.78 is 0. The molecule has 1 fully saturated rings. The van der Waals surface area contributed by atoms with E-state index in [1.807, 2.05) is 18.2 Å². The Kier molecular flexibility index (Phi) is 5.17. The molecule has 1 aromatic rings. The molecule has 0 saturated carbocycles. The predicted octanol–water partition coefficient (Wildman–Crippen LogP) is 3.07. The highest BCUT2D eigenvalue weighted by Crippen LogP contribution is 2.32. The molecule has 3 heteroatoms. The molecule has 0 bridgehead atoms. The first kappa shape index (κ1) is 15.0. The van der Waals surface area contributed by atoms with Gasteiger partial charge in [0, 0.05) is 18.6 Å². The van der Waals surface area contributed by atoms with E-state index < -0.39 is 0 Å². The number of hydrogen-bond donors (Lipinski definition) is 1. The van der Waals surface area contributed by atoms with Crippen LogP contribution in [-0.2, 0) is 0 Å². The van der Waals surface area contributed by atoms with Crippen molar-refractivity contribution in [2.45, 2.75) is 45.2 Å². The monoisotopic (exact) mass is 271 g/mol. The first-order valence-electron chi connectivity index (χ1n) is 7.65. The van der Waals surface area contributed by atoms with Gasteiger partial charge < -0.3 is 5.73 Å². The van der Waals surface area contributed by atoms with Gasteiger partial charge in [0.05, 0.1) is 11.6 Å². The summed E-state index contributed by atoms with van der Waals surface area (Å²) in [4.78, 5) is 2.52. The van der Waals surface area contributed by atoms with Crippen molar-refractivity contribution in [3.8, 4) is 6.07 Å². The van der Waals surface area contributed by atoms with Gasteiger partial charge >= 0.3 is 0 Å². The van der Waals surface area contributed by atoms with Crippen molar-refractivity contribution in [3.63, 3.8) is 0 Å². The van der Waals surface area contributed by atoms with Crippen LogP contribution >= 0.6 is 0 Å². The van der Waals surface area contributed by atoms with Crippen molar-refractivity contribution in [2.75, 3.05) is 13.1 Å². The fourth-order valence-electron chi connectivity index (χ4n) is 3.32. The molecule has 3 nitrogen and oxygen atoms in total. The van der Waals surface area contributed by atoms with E-state index in [4.69, 9.17) is 11.0 Å². The molecule has 1 saturated heterocycles. The van der Waals surface area contributed by atoms with E-state index >= 15 is 0 Å². The maximum atomic E-state index is 9.04. The lowest BCUT2D eigenvalue weighted by atomic mass is 9.87. The van der Waals surface area contributed by atoms with E-state index in [1.165, 1.54) is 24.8 Å². The van der Waals surface area contributed by atoms with Crippen LogP contribution in [0, 0.1) is 17.2 Å². The van der Waals surface area contributed by atoms with Crippen molar-refractivity contribution in [1.82, 2.24) is 4.90 Å². The van der Waals surface area contributed by atoms with Gasteiger partial charge in [-0.2, -0.15) is 5.26 Å². The molecular weight excluding hydrogens is 246 g/mol. The number of nitrogens with zero attached hydrogens (tertiary/aromatic N) is 2. The van der Waals surface area contributed by atoms with Crippen LogP contribution in [0.25, 0.3) is 0 Å². The van der Waals surface area contributed by atoms with Gasteiger partial charge in [-0.05, 0) is 49.9 Å². The molecule has 0 amide bonds. The van der Waals surface area contributed by atoms with Crippen LogP contribution in [0.1, 0.15) is 50.3 Å². The highest BCUT2D eigenvalue weighted by molar-refractivity contribution is 5.34. The van der Waals surface area contributed by atoms with E-state index in [0.717, 1.165) is 24.6 Å². The van der Waals surface area contributed by atoms with Crippen LogP contribution in [0.2, 0.25) is 0 Å². The molecule has 20 heavy (non-hydrogen) atoms. The number of nitriles is 1. The van der Waals surface area contributed by atoms with Crippen LogP contribution < -0.4 is 5.73 Å². The van der Waals surface area contributed by atoms with Crippen LogP contribution in [-0.4, -0.2) is 24.0 Å². The average Bonchev–Trinajstić information content (AvgIpc) is 2.53. The maximum absolute atomic E-state index is 9.04. The molecule has 2 rings (SSSR count). The van der Waals surface area contributed by atoms with Crippen LogP contribution in [0.3, 0.4) is 0 Å². The van der Waals surface area contributed by atoms with Gasteiger partial charge in [0.2, 0.25) is 0 Å². The van der Waals surface area contributed by atoms with Crippen molar-refractivity contribution < 1.29 is 0 Å². The molecule has 1 aliphatic rings. The summed E-state index contributed by atoms with van der Waals surface area (Å²) in [5.74, 6) is 0.817. The van der Waals surface area contributed by atoms with Crippen LogP contribution in [0.4, 0.5) is 0 Å². The number of nitrogens with two attached hydrogens (primary N) is 1. The van der Waals surface area contributed by atoms with Gasteiger partial charge in [-0.25, -0.2) is 0 Å². The molecule has 1 aromatic carbocycles. The largest absolute Gasteiger partial charge is 0.329 e. The minimum atomic E-state index is 0.328.